The first-order valence-corrected chi connectivity index (χ1v) is 8.21. The van der Waals surface area contributed by atoms with E-state index in [1.807, 2.05) is 25.4 Å². The minimum atomic E-state index is -0.0356. The first-order valence-electron chi connectivity index (χ1n) is 8.21. The van der Waals surface area contributed by atoms with Gasteiger partial charge in [0.15, 0.2) is 0 Å². The fourth-order valence-electron chi connectivity index (χ4n) is 3.22. The highest BCUT2D eigenvalue weighted by Crippen LogP contribution is 2.32. The van der Waals surface area contributed by atoms with E-state index in [4.69, 9.17) is 0 Å². The summed E-state index contributed by atoms with van der Waals surface area (Å²) in [7, 11) is 0. The third kappa shape index (κ3) is 3.30. The molecule has 0 aliphatic heterocycles. The van der Waals surface area contributed by atoms with Crippen molar-refractivity contribution >= 4 is 5.91 Å². The van der Waals surface area contributed by atoms with E-state index in [9.17, 15) is 4.79 Å². The van der Waals surface area contributed by atoms with Crippen molar-refractivity contribution in [1.82, 2.24) is 24.9 Å². The molecule has 1 aliphatic carbocycles. The largest absolute Gasteiger partial charge is 0.348 e. The second kappa shape index (κ2) is 5.83. The van der Waals surface area contributed by atoms with Gasteiger partial charge >= 0.3 is 0 Å². The van der Waals surface area contributed by atoms with Crippen molar-refractivity contribution < 1.29 is 4.79 Å². The predicted molar refractivity (Wildman–Crippen MR) is 88.0 cm³/mol. The Morgan fingerprint density at radius 3 is 2.87 bits per heavy atom. The highest BCUT2D eigenvalue weighted by molar-refractivity contribution is 5.76. The first-order chi connectivity index (χ1) is 10.8. The Morgan fingerprint density at radius 2 is 2.22 bits per heavy atom. The predicted octanol–water partition coefficient (Wildman–Crippen LogP) is 2.34. The van der Waals surface area contributed by atoms with Gasteiger partial charge < -0.3 is 5.32 Å². The Labute approximate surface area is 136 Å². The second-order valence-corrected chi connectivity index (χ2v) is 7.30. The molecule has 6 heteroatoms. The number of nitrogens with zero attached hydrogens (tertiary/aromatic N) is 4. The summed E-state index contributed by atoms with van der Waals surface area (Å²) < 4.78 is 3.77. The van der Waals surface area contributed by atoms with Gasteiger partial charge in [0.25, 0.3) is 0 Å². The number of carbonyl (C=O) groups is 1. The van der Waals surface area contributed by atoms with Gasteiger partial charge in [-0.05, 0) is 53.0 Å². The molecule has 1 aliphatic rings. The maximum Gasteiger partial charge on any atom is 0.242 e. The van der Waals surface area contributed by atoms with Crippen LogP contribution >= 0.6 is 0 Å². The third-order valence-electron chi connectivity index (χ3n) is 4.23. The zero-order chi connectivity index (χ0) is 16.6. The summed E-state index contributed by atoms with van der Waals surface area (Å²) in [6.07, 6.45) is 6.81. The minimum absolute atomic E-state index is 0.00513. The number of fused-ring (bicyclic) bond motifs is 1. The molecule has 1 N–H and O–H groups in total. The van der Waals surface area contributed by atoms with Gasteiger partial charge in [0, 0.05) is 17.5 Å². The van der Waals surface area contributed by atoms with E-state index in [-0.39, 0.29) is 24.0 Å². The molecule has 2 aromatic rings. The number of aromatic nitrogens is 4. The van der Waals surface area contributed by atoms with Crippen LogP contribution in [0.1, 0.15) is 56.6 Å². The summed E-state index contributed by atoms with van der Waals surface area (Å²) in [5.74, 6) is -0.00513. The number of hydrogen-bond acceptors (Lipinski definition) is 3. The molecule has 0 saturated carbocycles. The average molecular weight is 315 g/mol. The van der Waals surface area contributed by atoms with Gasteiger partial charge in [-0.1, -0.05) is 0 Å². The Balaban J connectivity index is 1.73. The molecule has 1 amide bonds. The number of carbonyl (C=O) groups excluding carboxylic acids is 1. The van der Waals surface area contributed by atoms with Gasteiger partial charge in [0.05, 0.1) is 23.5 Å². The van der Waals surface area contributed by atoms with Crippen molar-refractivity contribution in [2.24, 2.45) is 0 Å². The topological polar surface area (TPSA) is 64.7 Å². The lowest BCUT2D eigenvalue weighted by molar-refractivity contribution is -0.122. The number of aryl methyl sites for hydroxylation is 1. The fourth-order valence-corrected chi connectivity index (χ4v) is 3.22. The molecule has 0 spiro atoms. The number of nitrogens with one attached hydrogen (secondary N) is 1. The molecule has 124 valence electrons. The molecule has 1 unspecified atom stereocenters. The van der Waals surface area contributed by atoms with Crippen molar-refractivity contribution in [3.8, 4) is 0 Å². The summed E-state index contributed by atoms with van der Waals surface area (Å²) in [4.78, 5) is 12.3. The molecule has 2 aromatic heterocycles. The highest BCUT2D eigenvalue weighted by Gasteiger charge is 2.28. The molecule has 23 heavy (non-hydrogen) atoms. The lowest BCUT2D eigenvalue weighted by Crippen LogP contribution is -2.34. The molecule has 3 rings (SSSR count). The fraction of sp³-hybridized carbons (Fsp3) is 0.588. The number of hydrogen-bond donors (Lipinski definition) is 1. The Bertz CT molecular complexity index is 707. The molecule has 0 fully saturated rings. The summed E-state index contributed by atoms with van der Waals surface area (Å²) in [6, 6.07) is 1.96. The molecule has 2 heterocycles. The Kier molecular flexibility index (Phi) is 4.00. The SMILES string of the molecule is Cc1ccn(CC(=O)NC2CCCc3c2cnn3C(C)(C)C)n1. The summed E-state index contributed by atoms with van der Waals surface area (Å²) in [6.45, 7) is 8.64. The smallest absolute Gasteiger partial charge is 0.242 e. The van der Waals surface area contributed by atoms with Crippen LogP contribution in [0.25, 0.3) is 0 Å². The molecule has 0 bridgehead atoms. The van der Waals surface area contributed by atoms with Crippen LogP contribution in [0.4, 0.5) is 0 Å². The summed E-state index contributed by atoms with van der Waals surface area (Å²) >= 11 is 0. The zero-order valence-electron chi connectivity index (χ0n) is 14.3. The molecule has 0 aromatic carbocycles. The van der Waals surface area contributed by atoms with E-state index >= 15 is 0 Å². The molecular formula is C17H25N5O. The number of amides is 1. The monoisotopic (exact) mass is 315 g/mol. The van der Waals surface area contributed by atoms with Gasteiger partial charge in [-0.25, -0.2) is 0 Å². The van der Waals surface area contributed by atoms with Crippen LogP contribution < -0.4 is 5.32 Å². The van der Waals surface area contributed by atoms with E-state index in [0.717, 1.165) is 30.5 Å². The molecule has 6 nitrogen and oxygen atoms in total. The minimum Gasteiger partial charge on any atom is -0.348 e. The maximum atomic E-state index is 12.3. The lowest BCUT2D eigenvalue weighted by Gasteiger charge is -2.28. The van der Waals surface area contributed by atoms with Crippen LogP contribution in [0.3, 0.4) is 0 Å². The lowest BCUT2D eigenvalue weighted by atomic mass is 9.92. The van der Waals surface area contributed by atoms with Crippen molar-refractivity contribution in [3.63, 3.8) is 0 Å². The van der Waals surface area contributed by atoms with Crippen molar-refractivity contribution in [2.45, 2.75) is 65.1 Å². The Morgan fingerprint density at radius 1 is 1.43 bits per heavy atom. The Hall–Kier alpha value is -2.11. The van der Waals surface area contributed by atoms with Gasteiger partial charge in [0.2, 0.25) is 5.91 Å². The van der Waals surface area contributed by atoms with Crippen LogP contribution in [0, 0.1) is 6.92 Å². The van der Waals surface area contributed by atoms with Crippen LogP contribution in [-0.2, 0) is 23.3 Å². The first kappa shape index (κ1) is 15.8. The average Bonchev–Trinajstić information content (AvgIpc) is 3.05. The van der Waals surface area contributed by atoms with Gasteiger partial charge in [-0.3, -0.25) is 14.2 Å². The van der Waals surface area contributed by atoms with Crippen molar-refractivity contribution in [1.29, 1.82) is 0 Å². The van der Waals surface area contributed by atoms with E-state index < -0.39 is 0 Å². The molecular weight excluding hydrogens is 290 g/mol. The van der Waals surface area contributed by atoms with Crippen LogP contribution in [-0.4, -0.2) is 25.5 Å². The van der Waals surface area contributed by atoms with Gasteiger partial charge in [-0.15, -0.1) is 0 Å². The molecule has 1 atom stereocenters. The van der Waals surface area contributed by atoms with Crippen LogP contribution in [0.15, 0.2) is 18.5 Å². The maximum absolute atomic E-state index is 12.3. The summed E-state index contributed by atoms with van der Waals surface area (Å²) in [5, 5.41) is 12.0. The normalized spacial score (nSPS) is 17.8. The van der Waals surface area contributed by atoms with Crippen molar-refractivity contribution in [2.75, 3.05) is 0 Å². The van der Waals surface area contributed by atoms with Gasteiger partial charge in [-0.2, -0.15) is 10.2 Å². The van der Waals surface area contributed by atoms with E-state index in [2.05, 4.69) is 41.0 Å². The quantitative estimate of drug-likeness (QED) is 0.945. The van der Waals surface area contributed by atoms with E-state index in [1.165, 1.54) is 5.69 Å². The van der Waals surface area contributed by atoms with Crippen LogP contribution in [0.5, 0.6) is 0 Å². The third-order valence-corrected chi connectivity index (χ3v) is 4.23. The van der Waals surface area contributed by atoms with Crippen LogP contribution in [0.2, 0.25) is 0 Å². The number of rotatable bonds is 3. The molecule has 0 saturated heterocycles. The van der Waals surface area contributed by atoms with E-state index in [1.54, 1.807) is 4.68 Å². The molecule has 0 radical (unpaired) electrons. The van der Waals surface area contributed by atoms with Gasteiger partial charge in [0.1, 0.15) is 6.54 Å². The van der Waals surface area contributed by atoms with E-state index in [0.29, 0.717) is 0 Å². The second-order valence-electron chi connectivity index (χ2n) is 7.30. The van der Waals surface area contributed by atoms with Crippen molar-refractivity contribution in [3.05, 3.63) is 35.4 Å². The summed E-state index contributed by atoms with van der Waals surface area (Å²) in [5.41, 5.74) is 3.30. The zero-order valence-corrected chi connectivity index (χ0v) is 14.3. The highest BCUT2D eigenvalue weighted by atomic mass is 16.2. The standard InChI is InChI=1S/C17H25N5O/c1-12-8-9-21(20-12)11-16(23)19-14-6-5-7-15-13(14)10-18-22(15)17(2,3)4/h8-10,14H,5-7,11H2,1-4H3,(H,19,23).